The summed E-state index contributed by atoms with van der Waals surface area (Å²) in [7, 11) is 0. The summed E-state index contributed by atoms with van der Waals surface area (Å²) in [6.45, 7) is 5.26. The van der Waals surface area contributed by atoms with Gasteiger partial charge in [0.2, 0.25) is 0 Å². The van der Waals surface area contributed by atoms with Crippen LogP contribution in [-0.2, 0) is 0 Å². The van der Waals surface area contributed by atoms with Gasteiger partial charge < -0.3 is 10.0 Å². The van der Waals surface area contributed by atoms with Crippen LogP contribution >= 0.6 is 0 Å². The van der Waals surface area contributed by atoms with Crippen LogP contribution in [0.3, 0.4) is 0 Å². The van der Waals surface area contributed by atoms with E-state index in [-0.39, 0.29) is 0 Å². The van der Waals surface area contributed by atoms with Gasteiger partial charge in [-0.2, -0.15) is 0 Å². The number of aromatic nitrogens is 3. The van der Waals surface area contributed by atoms with Crippen molar-refractivity contribution in [2.75, 3.05) is 18.0 Å². The normalized spacial score (nSPS) is 22.2. The lowest BCUT2D eigenvalue weighted by Crippen LogP contribution is -2.30. The fourth-order valence-electron chi connectivity index (χ4n) is 2.48. The highest BCUT2D eigenvalue weighted by Gasteiger charge is 2.32. The van der Waals surface area contributed by atoms with E-state index in [2.05, 4.69) is 19.9 Å². The molecule has 2 aromatic heterocycles. The molecule has 104 valence electrons. The molecule has 1 N–H and O–H groups in total. The van der Waals surface area contributed by atoms with E-state index in [1.165, 1.54) is 0 Å². The van der Waals surface area contributed by atoms with Crippen LogP contribution in [0.2, 0.25) is 0 Å². The minimum absolute atomic E-state index is 0.610. The first-order valence-corrected chi connectivity index (χ1v) is 6.77. The van der Waals surface area contributed by atoms with Gasteiger partial charge >= 0.3 is 0 Å². The number of aryl methyl sites for hydroxylation is 1. The first kappa shape index (κ1) is 13.0. The molecule has 0 aromatic carbocycles. The van der Waals surface area contributed by atoms with E-state index >= 15 is 0 Å². The molecular formula is C15H18N4O. The van der Waals surface area contributed by atoms with Crippen LogP contribution in [0.1, 0.15) is 19.0 Å². The summed E-state index contributed by atoms with van der Waals surface area (Å²) in [5.74, 6) is 1.58. The maximum atomic E-state index is 10.1. The largest absolute Gasteiger partial charge is 0.388 e. The van der Waals surface area contributed by atoms with Crippen LogP contribution in [0.25, 0.3) is 11.4 Å². The van der Waals surface area contributed by atoms with Crippen LogP contribution < -0.4 is 4.90 Å². The molecular weight excluding hydrogens is 252 g/mol. The van der Waals surface area contributed by atoms with Gasteiger partial charge in [-0.15, -0.1) is 0 Å². The molecule has 0 saturated carbocycles. The zero-order valence-corrected chi connectivity index (χ0v) is 11.7. The van der Waals surface area contributed by atoms with Crippen LogP contribution in [-0.4, -0.2) is 38.7 Å². The summed E-state index contributed by atoms with van der Waals surface area (Å²) in [4.78, 5) is 15.2. The summed E-state index contributed by atoms with van der Waals surface area (Å²) >= 11 is 0. The number of hydrogen-bond acceptors (Lipinski definition) is 5. The Morgan fingerprint density at radius 1 is 1.25 bits per heavy atom. The molecule has 1 saturated heterocycles. The lowest BCUT2D eigenvalue weighted by Gasteiger charge is -2.20. The summed E-state index contributed by atoms with van der Waals surface area (Å²) in [5, 5.41) is 10.1. The molecule has 1 fully saturated rings. The smallest absolute Gasteiger partial charge is 0.161 e. The zero-order chi connectivity index (χ0) is 14.2. The van der Waals surface area contributed by atoms with Gasteiger partial charge in [-0.25, -0.2) is 9.97 Å². The van der Waals surface area contributed by atoms with E-state index in [0.717, 1.165) is 30.0 Å². The highest BCUT2D eigenvalue weighted by molar-refractivity contribution is 5.57. The first-order chi connectivity index (χ1) is 9.53. The summed E-state index contributed by atoms with van der Waals surface area (Å²) in [6.07, 6.45) is 4.24. The maximum Gasteiger partial charge on any atom is 0.161 e. The monoisotopic (exact) mass is 270 g/mol. The molecule has 0 bridgehead atoms. The van der Waals surface area contributed by atoms with Crippen LogP contribution in [0.5, 0.6) is 0 Å². The van der Waals surface area contributed by atoms with Crippen molar-refractivity contribution in [3.8, 4) is 11.4 Å². The van der Waals surface area contributed by atoms with Crippen molar-refractivity contribution < 1.29 is 5.11 Å². The van der Waals surface area contributed by atoms with E-state index in [4.69, 9.17) is 0 Å². The molecule has 0 amide bonds. The number of anilines is 1. The molecule has 0 spiro atoms. The second kappa shape index (κ2) is 4.83. The van der Waals surface area contributed by atoms with Crippen LogP contribution in [0.4, 0.5) is 5.82 Å². The Balaban J connectivity index is 1.96. The van der Waals surface area contributed by atoms with E-state index in [1.54, 1.807) is 12.4 Å². The van der Waals surface area contributed by atoms with E-state index in [1.807, 2.05) is 32.0 Å². The van der Waals surface area contributed by atoms with Crippen molar-refractivity contribution in [3.63, 3.8) is 0 Å². The number of rotatable bonds is 2. The first-order valence-electron chi connectivity index (χ1n) is 6.77. The highest BCUT2D eigenvalue weighted by Crippen LogP contribution is 2.27. The van der Waals surface area contributed by atoms with Crippen LogP contribution in [0.15, 0.2) is 30.6 Å². The van der Waals surface area contributed by atoms with Gasteiger partial charge in [0.15, 0.2) is 5.82 Å². The molecule has 2 aromatic rings. The molecule has 5 heteroatoms. The molecule has 0 aliphatic carbocycles. The van der Waals surface area contributed by atoms with E-state index < -0.39 is 5.60 Å². The average Bonchev–Trinajstić information content (AvgIpc) is 2.79. The Morgan fingerprint density at radius 3 is 2.65 bits per heavy atom. The molecule has 1 aliphatic rings. The van der Waals surface area contributed by atoms with Crippen molar-refractivity contribution in [2.45, 2.75) is 25.9 Å². The molecule has 3 rings (SSSR count). The van der Waals surface area contributed by atoms with Gasteiger partial charge in [-0.05, 0) is 32.4 Å². The van der Waals surface area contributed by atoms with Gasteiger partial charge in [0.1, 0.15) is 5.82 Å². The number of aliphatic hydroxyl groups is 1. The Bertz CT molecular complexity index is 613. The quantitative estimate of drug-likeness (QED) is 0.901. The van der Waals surface area contributed by atoms with Crippen molar-refractivity contribution in [2.24, 2.45) is 0 Å². The lowest BCUT2D eigenvalue weighted by atomic mass is 10.1. The molecule has 5 nitrogen and oxygen atoms in total. The standard InChI is InChI=1S/C15H18N4O/c1-11-9-13(19-8-5-15(2,20)10-19)18-14(17-11)12-3-6-16-7-4-12/h3-4,6-7,9,20H,5,8,10H2,1-2H3. The Labute approximate surface area is 118 Å². The lowest BCUT2D eigenvalue weighted by molar-refractivity contribution is 0.0839. The summed E-state index contributed by atoms with van der Waals surface area (Å²) < 4.78 is 0. The SMILES string of the molecule is Cc1cc(N2CCC(C)(O)C2)nc(-c2ccncc2)n1. The number of pyridine rings is 1. The topological polar surface area (TPSA) is 62.1 Å². The third-order valence-electron chi connectivity index (χ3n) is 3.55. The van der Waals surface area contributed by atoms with Crippen molar-refractivity contribution >= 4 is 5.82 Å². The van der Waals surface area contributed by atoms with Gasteiger partial charge in [0, 0.05) is 42.8 Å². The zero-order valence-electron chi connectivity index (χ0n) is 11.7. The maximum absolute atomic E-state index is 10.1. The van der Waals surface area contributed by atoms with Gasteiger partial charge in [0.25, 0.3) is 0 Å². The van der Waals surface area contributed by atoms with E-state index in [9.17, 15) is 5.11 Å². The highest BCUT2D eigenvalue weighted by atomic mass is 16.3. The Hall–Kier alpha value is -2.01. The number of β-amino-alcohol motifs (C(OH)–C–C–N with tert-alkyl or cyclic N) is 1. The minimum atomic E-state index is -0.629. The molecule has 1 aliphatic heterocycles. The fourth-order valence-corrected chi connectivity index (χ4v) is 2.48. The molecule has 20 heavy (non-hydrogen) atoms. The summed E-state index contributed by atoms with van der Waals surface area (Å²) in [5.41, 5.74) is 1.25. The molecule has 1 atom stereocenters. The number of hydrogen-bond donors (Lipinski definition) is 1. The summed E-state index contributed by atoms with van der Waals surface area (Å²) in [6, 6.07) is 5.77. The third-order valence-corrected chi connectivity index (χ3v) is 3.55. The molecule has 0 radical (unpaired) electrons. The van der Waals surface area contributed by atoms with E-state index in [0.29, 0.717) is 12.4 Å². The Morgan fingerprint density at radius 2 is 2.00 bits per heavy atom. The van der Waals surface area contributed by atoms with Gasteiger partial charge in [0.05, 0.1) is 5.60 Å². The predicted octanol–water partition coefficient (Wildman–Crippen LogP) is 1.81. The third kappa shape index (κ3) is 2.63. The van der Waals surface area contributed by atoms with Crippen molar-refractivity contribution in [1.82, 2.24) is 15.0 Å². The second-order valence-electron chi connectivity index (χ2n) is 5.60. The molecule has 1 unspecified atom stereocenters. The van der Waals surface area contributed by atoms with Gasteiger partial charge in [-0.3, -0.25) is 4.98 Å². The van der Waals surface area contributed by atoms with Crippen molar-refractivity contribution in [3.05, 3.63) is 36.3 Å². The predicted molar refractivity (Wildman–Crippen MR) is 77.5 cm³/mol. The average molecular weight is 270 g/mol. The van der Waals surface area contributed by atoms with Gasteiger partial charge in [-0.1, -0.05) is 0 Å². The second-order valence-corrected chi connectivity index (χ2v) is 5.60. The fraction of sp³-hybridized carbons (Fsp3) is 0.400. The minimum Gasteiger partial charge on any atom is -0.388 e. The van der Waals surface area contributed by atoms with Crippen molar-refractivity contribution in [1.29, 1.82) is 0 Å². The van der Waals surface area contributed by atoms with Crippen LogP contribution in [0, 0.1) is 6.92 Å². The molecule has 3 heterocycles. The number of nitrogens with zero attached hydrogens (tertiary/aromatic N) is 4. The Kier molecular flexibility index (Phi) is 3.14.